The van der Waals surface area contributed by atoms with Gasteiger partial charge in [0.25, 0.3) is 0 Å². The van der Waals surface area contributed by atoms with Crippen molar-refractivity contribution >= 4 is 15.9 Å². The Morgan fingerprint density at radius 1 is 1.19 bits per heavy atom. The Hall–Kier alpha value is -1.51. The second kappa shape index (κ2) is 8.02. The van der Waals surface area contributed by atoms with E-state index in [9.17, 15) is 17.6 Å². The molecule has 2 heterocycles. The molecule has 1 aromatic rings. The molecule has 0 aromatic heterocycles. The third kappa shape index (κ3) is 4.42. The maximum atomic E-state index is 13.3. The summed E-state index contributed by atoms with van der Waals surface area (Å²) >= 11 is 0. The molecular formula is C18H26FN3O3S. The summed E-state index contributed by atoms with van der Waals surface area (Å²) in [7, 11) is -3.72. The summed E-state index contributed by atoms with van der Waals surface area (Å²) in [6, 6.07) is 5.04. The van der Waals surface area contributed by atoms with E-state index in [2.05, 4.69) is 11.8 Å². The van der Waals surface area contributed by atoms with Gasteiger partial charge in [-0.1, -0.05) is 13.0 Å². The highest BCUT2D eigenvalue weighted by atomic mass is 32.2. The maximum absolute atomic E-state index is 13.3. The van der Waals surface area contributed by atoms with E-state index in [4.69, 9.17) is 0 Å². The fourth-order valence-corrected chi connectivity index (χ4v) is 5.13. The zero-order valence-corrected chi connectivity index (χ0v) is 15.9. The number of carbonyl (C=O) groups is 1. The number of nitrogens with zero attached hydrogens (tertiary/aromatic N) is 3. The van der Waals surface area contributed by atoms with Crippen LogP contribution < -0.4 is 0 Å². The van der Waals surface area contributed by atoms with Crippen molar-refractivity contribution in [2.24, 2.45) is 5.92 Å². The van der Waals surface area contributed by atoms with Crippen molar-refractivity contribution in [2.45, 2.75) is 24.7 Å². The number of rotatable bonds is 4. The number of piperazine rings is 1. The molecule has 0 radical (unpaired) electrons. The minimum atomic E-state index is -3.72. The van der Waals surface area contributed by atoms with Crippen LogP contribution in [0.4, 0.5) is 4.39 Å². The van der Waals surface area contributed by atoms with E-state index in [-0.39, 0.29) is 23.9 Å². The molecule has 2 saturated heterocycles. The summed E-state index contributed by atoms with van der Waals surface area (Å²) in [6.45, 7) is 5.72. The zero-order valence-electron chi connectivity index (χ0n) is 15.1. The third-order valence-corrected chi connectivity index (χ3v) is 7.02. The van der Waals surface area contributed by atoms with Gasteiger partial charge in [-0.25, -0.2) is 12.8 Å². The maximum Gasteiger partial charge on any atom is 0.243 e. The third-order valence-electron chi connectivity index (χ3n) is 5.13. The van der Waals surface area contributed by atoms with Gasteiger partial charge in [0.15, 0.2) is 0 Å². The summed E-state index contributed by atoms with van der Waals surface area (Å²) in [4.78, 5) is 16.4. The summed E-state index contributed by atoms with van der Waals surface area (Å²) in [5, 5.41) is 0. The first-order chi connectivity index (χ1) is 12.4. The van der Waals surface area contributed by atoms with Gasteiger partial charge < -0.3 is 4.90 Å². The molecule has 2 fully saturated rings. The van der Waals surface area contributed by atoms with Crippen molar-refractivity contribution in [3.8, 4) is 0 Å². The average Bonchev–Trinajstić information content (AvgIpc) is 2.62. The molecule has 0 N–H and O–H groups in total. The average molecular weight is 383 g/mol. The first-order valence-corrected chi connectivity index (χ1v) is 10.6. The van der Waals surface area contributed by atoms with Crippen LogP contribution in [0.1, 0.15) is 19.8 Å². The topological polar surface area (TPSA) is 60.9 Å². The Morgan fingerprint density at radius 2 is 1.92 bits per heavy atom. The van der Waals surface area contributed by atoms with Crippen LogP contribution in [0, 0.1) is 11.7 Å². The number of likely N-dealkylation sites (tertiary alicyclic amines) is 1. The molecule has 6 nitrogen and oxygen atoms in total. The van der Waals surface area contributed by atoms with Gasteiger partial charge in [-0.2, -0.15) is 4.31 Å². The Labute approximate surface area is 154 Å². The Morgan fingerprint density at radius 3 is 2.58 bits per heavy atom. The molecule has 1 atom stereocenters. The standard InChI is InChI=1S/C18H26FN3O3S/c1-15-4-3-7-20(13-15)14-18(23)21-8-10-22(11-9-21)26(24,25)17-6-2-5-16(19)12-17/h2,5-6,12,15H,3-4,7-11,13-14H2,1H3/t15-/m1/s1. The number of halogens is 1. The van der Waals surface area contributed by atoms with E-state index in [0.717, 1.165) is 25.6 Å². The predicted molar refractivity (Wildman–Crippen MR) is 96.6 cm³/mol. The van der Waals surface area contributed by atoms with Crippen LogP contribution in [0.2, 0.25) is 0 Å². The number of hydrogen-bond donors (Lipinski definition) is 0. The molecule has 26 heavy (non-hydrogen) atoms. The van der Waals surface area contributed by atoms with Gasteiger partial charge in [0.1, 0.15) is 5.82 Å². The molecule has 1 aromatic carbocycles. The molecule has 0 unspecified atom stereocenters. The molecule has 144 valence electrons. The molecule has 0 aliphatic carbocycles. The summed E-state index contributed by atoms with van der Waals surface area (Å²) in [5.74, 6) is 0.0994. The van der Waals surface area contributed by atoms with Crippen molar-refractivity contribution in [1.82, 2.24) is 14.1 Å². The van der Waals surface area contributed by atoms with Crippen molar-refractivity contribution in [1.29, 1.82) is 0 Å². The van der Waals surface area contributed by atoms with Crippen LogP contribution in [-0.2, 0) is 14.8 Å². The van der Waals surface area contributed by atoms with Crippen LogP contribution in [0.25, 0.3) is 0 Å². The van der Waals surface area contributed by atoms with Gasteiger partial charge in [0.2, 0.25) is 15.9 Å². The zero-order chi connectivity index (χ0) is 18.7. The minimum absolute atomic E-state index is 0.0421. The van der Waals surface area contributed by atoms with Crippen LogP contribution in [0.3, 0.4) is 0 Å². The minimum Gasteiger partial charge on any atom is -0.339 e. The quantitative estimate of drug-likeness (QED) is 0.788. The SMILES string of the molecule is C[C@@H]1CCCN(CC(=O)N2CCN(S(=O)(=O)c3cccc(F)c3)CC2)C1. The molecular weight excluding hydrogens is 357 g/mol. The second-order valence-electron chi connectivity index (χ2n) is 7.22. The number of amides is 1. The van der Waals surface area contributed by atoms with E-state index in [1.807, 2.05) is 0 Å². The van der Waals surface area contributed by atoms with Crippen LogP contribution in [0.15, 0.2) is 29.2 Å². The predicted octanol–water partition coefficient (Wildman–Crippen LogP) is 1.39. The fraction of sp³-hybridized carbons (Fsp3) is 0.611. The van der Waals surface area contributed by atoms with Gasteiger partial charge in [-0.15, -0.1) is 0 Å². The van der Waals surface area contributed by atoms with Gasteiger partial charge in [-0.05, 0) is 43.5 Å². The highest BCUT2D eigenvalue weighted by molar-refractivity contribution is 7.89. The highest BCUT2D eigenvalue weighted by Crippen LogP contribution is 2.19. The van der Waals surface area contributed by atoms with E-state index >= 15 is 0 Å². The van der Waals surface area contributed by atoms with Gasteiger partial charge in [-0.3, -0.25) is 9.69 Å². The van der Waals surface area contributed by atoms with Crippen molar-refractivity contribution < 1.29 is 17.6 Å². The van der Waals surface area contributed by atoms with Crippen LogP contribution in [0.5, 0.6) is 0 Å². The molecule has 2 aliphatic rings. The van der Waals surface area contributed by atoms with Gasteiger partial charge >= 0.3 is 0 Å². The lowest BCUT2D eigenvalue weighted by molar-refractivity contribution is -0.134. The fourth-order valence-electron chi connectivity index (χ4n) is 3.68. The van der Waals surface area contributed by atoms with Gasteiger partial charge in [0, 0.05) is 32.7 Å². The lowest BCUT2D eigenvalue weighted by atomic mass is 10.0. The van der Waals surface area contributed by atoms with E-state index < -0.39 is 15.8 Å². The second-order valence-corrected chi connectivity index (χ2v) is 9.16. The first kappa shape index (κ1) is 19.3. The van der Waals surface area contributed by atoms with E-state index in [1.54, 1.807) is 4.90 Å². The normalized spacial score (nSPS) is 23.2. The van der Waals surface area contributed by atoms with Crippen molar-refractivity contribution in [3.63, 3.8) is 0 Å². The molecule has 0 saturated carbocycles. The number of benzene rings is 1. The number of piperidine rings is 1. The molecule has 3 rings (SSSR count). The van der Waals surface area contributed by atoms with Crippen LogP contribution >= 0.6 is 0 Å². The Kier molecular flexibility index (Phi) is 5.94. The largest absolute Gasteiger partial charge is 0.339 e. The molecule has 8 heteroatoms. The van der Waals surface area contributed by atoms with E-state index in [0.29, 0.717) is 25.6 Å². The smallest absolute Gasteiger partial charge is 0.243 e. The molecule has 0 spiro atoms. The summed E-state index contributed by atoms with van der Waals surface area (Å²) in [6.07, 6.45) is 2.33. The Balaban J connectivity index is 1.56. The van der Waals surface area contributed by atoms with Crippen LogP contribution in [-0.4, -0.2) is 74.2 Å². The summed E-state index contributed by atoms with van der Waals surface area (Å²) in [5.41, 5.74) is 0. The number of carbonyl (C=O) groups excluding carboxylic acids is 1. The molecule has 1 amide bonds. The monoisotopic (exact) mass is 383 g/mol. The molecule has 0 bridgehead atoms. The lowest BCUT2D eigenvalue weighted by Gasteiger charge is -2.36. The van der Waals surface area contributed by atoms with Crippen molar-refractivity contribution in [2.75, 3.05) is 45.8 Å². The van der Waals surface area contributed by atoms with Crippen molar-refractivity contribution in [3.05, 3.63) is 30.1 Å². The lowest BCUT2D eigenvalue weighted by Crippen LogP contribution is -2.53. The summed E-state index contributed by atoms with van der Waals surface area (Å²) < 4.78 is 39.9. The van der Waals surface area contributed by atoms with Gasteiger partial charge in [0.05, 0.1) is 11.4 Å². The highest BCUT2D eigenvalue weighted by Gasteiger charge is 2.31. The first-order valence-electron chi connectivity index (χ1n) is 9.12. The van der Waals surface area contributed by atoms with E-state index in [1.165, 1.54) is 28.9 Å². The number of hydrogen-bond acceptors (Lipinski definition) is 4. The molecule has 2 aliphatic heterocycles. The number of sulfonamides is 1. The Bertz CT molecular complexity index is 748.